The fourth-order valence-electron chi connectivity index (χ4n) is 9.39. The van der Waals surface area contributed by atoms with Crippen molar-refractivity contribution in [3.8, 4) is 5.75 Å². The molecule has 0 radical (unpaired) electrons. The molecule has 0 bridgehead atoms. The minimum absolute atomic E-state index is 0. The van der Waals surface area contributed by atoms with Crippen LogP contribution in [0.1, 0.15) is 36.8 Å². The predicted molar refractivity (Wildman–Crippen MR) is 275 cm³/mol. The summed E-state index contributed by atoms with van der Waals surface area (Å²) in [6.45, 7) is 4.12. The summed E-state index contributed by atoms with van der Waals surface area (Å²) in [6.07, 6.45) is 5.48. The lowest BCUT2D eigenvalue weighted by atomic mass is 9.74. The minimum atomic E-state index is -3.34. The number of sulfonamides is 2. The van der Waals surface area contributed by atoms with Gasteiger partial charge in [-0.05, 0) is 98.4 Å². The molecule has 0 unspecified atom stereocenters. The number of likely N-dealkylation sites (tertiary alicyclic amines) is 1. The highest BCUT2D eigenvalue weighted by Gasteiger charge is 2.48. The van der Waals surface area contributed by atoms with E-state index in [1.807, 2.05) is 97.1 Å². The summed E-state index contributed by atoms with van der Waals surface area (Å²) in [5.74, 6) is 0.501. The van der Waals surface area contributed by atoms with Crippen LogP contribution in [0, 0.1) is 0 Å². The van der Waals surface area contributed by atoms with Gasteiger partial charge in [0.25, 0.3) is 0 Å². The molecule has 6 heterocycles. The number of rotatable bonds is 5. The second-order valence-electron chi connectivity index (χ2n) is 17.1. The van der Waals surface area contributed by atoms with Crippen molar-refractivity contribution in [3.63, 3.8) is 0 Å². The predicted octanol–water partition coefficient (Wildman–Crippen LogP) is 9.06. The molecule has 2 spiro atoms. The van der Waals surface area contributed by atoms with Crippen molar-refractivity contribution < 1.29 is 31.2 Å². The molecule has 4 aliphatic heterocycles. The number of benzene rings is 5. The fourth-order valence-corrected chi connectivity index (χ4v) is 13.1. The first-order valence-corrected chi connectivity index (χ1v) is 27.2. The topological polar surface area (TPSA) is 183 Å². The Morgan fingerprint density at radius 3 is 1.54 bits per heavy atom. The number of nitrogens with one attached hydrogen (secondary N) is 3. The van der Waals surface area contributed by atoms with Crippen molar-refractivity contribution in [3.05, 3.63) is 139 Å². The molecule has 4 aliphatic rings. The van der Waals surface area contributed by atoms with Crippen LogP contribution in [0.3, 0.4) is 0 Å². The molecule has 3 N–H and O–H groups in total. The smallest absolute Gasteiger partial charge is 0.410 e. The van der Waals surface area contributed by atoms with Gasteiger partial charge in [-0.3, -0.25) is 19.2 Å². The summed E-state index contributed by atoms with van der Waals surface area (Å²) in [5, 5.41) is 10.0. The molecule has 7 aromatic rings. The van der Waals surface area contributed by atoms with Crippen LogP contribution in [0.25, 0.3) is 20.4 Å². The van der Waals surface area contributed by atoms with Crippen LogP contribution < -0.4 is 29.3 Å². The molecule has 11 rings (SSSR count). The highest BCUT2D eigenvalue weighted by molar-refractivity contribution is 7.92. The van der Waals surface area contributed by atoms with Gasteiger partial charge in [0.2, 0.25) is 20.0 Å². The average molecular weight is 1020 g/mol. The fraction of sp³-hybridized carbons (Fsp3) is 0.292. The van der Waals surface area contributed by atoms with Gasteiger partial charge in [-0.25, -0.2) is 36.4 Å². The standard InChI is InChI=1S/C21H22N4O3S2.C14H10N2O2S.C13H18N2O2S.ClH/c1-30(27,28)25-14-21(15-6-2-4-8-17(15)25)10-12-24(13-11-21)20(26)23-19-22-16-7-3-5-9-18(16)29-19;17-14(18-10-6-2-1-3-7-10)16-13-15-11-8-4-5-9-12(11)19-13;1-18(16,17)15-10-13(6-8-14-9-7-13)11-4-2-3-5-12(11)15;/h2-9H,10-14H2,1H3,(H,22,23,26);1-9H,(H,15,16,17);2-5,14H,6-10H2,1H3;1H. The zero-order chi connectivity index (χ0) is 46.8. The highest BCUT2D eigenvalue weighted by atomic mass is 35.5. The quantitative estimate of drug-likeness (QED) is 0.150. The van der Waals surface area contributed by atoms with E-state index < -0.39 is 26.1 Å². The number of hydrogen-bond donors (Lipinski definition) is 3. The lowest BCUT2D eigenvalue weighted by molar-refractivity contribution is 0.173. The lowest BCUT2D eigenvalue weighted by Gasteiger charge is -2.39. The van der Waals surface area contributed by atoms with E-state index in [4.69, 9.17) is 4.74 Å². The van der Waals surface area contributed by atoms with E-state index in [1.54, 1.807) is 33.5 Å². The van der Waals surface area contributed by atoms with Gasteiger partial charge >= 0.3 is 12.1 Å². The maximum absolute atomic E-state index is 12.8. The second kappa shape index (κ2) is 20.0. The number of piperidine rings is 2. The summed E-state index contributed by atoms with van der Waals surface area (Å²) < 4.78 is 58.8. The second-order valence-corrected chi connectivity index (χ2v) is 23.0. The third kappa shape index (κ3) is 10.4. The number of hydrogen-bond acceptors (Lipinski definition) is 12. The molecule has 0 aliphatic carbocycles. The van der Waals surface area contributed by atoms with Crippen molar-refractivity contribution in [2.24, 2.45) is 0 Å². The van der Waals surface area contributed by atoms with E-state index >= 15 is 0 Å². The van der Waals surface area contributed by atoms with Crippen LogP contribution in [0.2, 0.25) is 0 Å². The van der Waals surface area contributed by atoms with Crippen molar-refractivity contribution in [1.29, 1.82) is 0 Å². The summed E-state index contributed by atoms with van der Waals surface area (Å²) in [7, 11) is -6.52. The Bertz CT molecular complexity index is 3090. The number of fused-ring (bicyclic) bond motifs is 6. The first-order valence-electron chi connectivity index (χ1n) is 21.9. The average Bonchev–Trinajstić information content (AvgIpc) is 4.09. The molecular formula is C48H51ClN8O7S4. The molecule has 0 saturated carbocycles. The van der Waals surface area contributed by atoms with E-state index in [1.165, 1.54) is 45.1 Å². The Kier molecular flexibility index (Phi) is 14.3. The van der Waals surface area contributed by atoms with Gasteiger partial charge in [0.1, 0.15) is 5.75 Å². The van der Waals surface area contributed by atoms with E-state index in [0.29, 0.717) is 42.2 Å². The maximum Gasteiger partial charge on any atom is 0.418 e. The van der Waals surface area contributed by atoms with Gasteiger partial charge in [0.05, 0.1) is 44.3 Å². The van der Waals surface area contributed by atoms with E-state index in [2.05, 4.69) is 32.0 Å². The minimum Gasteiger partial charge on any atom is -0.410 e. The summed E-state index contributed by atoms with van der Waals surface area (Å²) in [4.78, 5) is 35.1. The number of carbonyl (C=O) groups excluding carboxylic acids is 2. The zero-order valence-corrected chi connectivity index (χ0v) is 41.4. The monoisotopic (exact) mass is 1010 g/mol. The third-order valence-corrected chi connectivity index (χ3v) is 16.9. The van der Waals surface area contributed by atoms with Gasteiger partial charge in [-0.15, -0.1) is 12.4 Å². The van der Waals surface area contributed by atoms with Gasteiger partial charge in [0, 0.05) is 37.0 Å². The van der Waals surface area contributed by atoms with Crippen molar-refractivity contribution in [2.75, 3.05) is 71.0 Å². The molecule has 20 heteroatoms. The number of halogens is 1. The Hall–Kier alpha value is -5.83. The summed E-state index contributed by atoms with van der Waals surface area (Å²) in [5.41, 5.74) is 5.44. The number of amides is 3. The number of nitrogens with zero attached hydrogens (tertiary/aromatic N) is 5. The summed E-state index contributed by atoms with van der Waals surface area (Å²) in [6, 6.07) is 39.9. The first kappa shape index (κ1) is 48.6. The third-order valence-electron chi connectivity index (χ3n) is 12.7. The van der Waals surface area contributed by atoms with Gasteiger partial charge in [-0.1, -0.05) is 102 Å². The molecule has 5 aromatic carbocycles. The number of urea groups is 1. The molecule has 0 atom stereocenters. The SMILES string of the molecule is CS(=O)(=O)N1CC2(CCN(C(=O)Nc3nc4ccccc4s3)CC2)c2ccccc21.CS(=O)(=O)N1CC2(CCNCC2)c2ccccc21.Cl.O=C(Nc1nc2ccccc2s1)Oc1ccccc1. The zero-order valence-electron chi connectivity index (χ0n) is 37.3. The number of carbonyl (C=O) groups is 2. The van der Waals surface area contributed by atoms with Gasteiger partial charge in [-0.2, -0.15) is 0 Å². The lowest BCUT2D eigenvalue weighted by Crippen LogP contribution is -2.48. The molecule has 2 saturated heterocycles. The van der Waals surface area contributed by atoms with Crippen molar-refractivity contribution in [1.82, 2.24) is 20.2 Å². The van der Waals surface area contributed by atoms with Crippen LogP contribution in [0.5, 0.6) is 5.75 Å². The van der Waals surface area contributed by atoms with E-state index in [9.17, 15) is 26.4 Å². The molecule has 3 amide bonds. The Labute approximate surface area is 410 Å². The molecular weight excluding hydrogens is 964 g/mol. The molecule has 2 aromatic heterocycles. The van der Waals surface area contributed by atoms with Crippen molar-refractivity contribution in [2.45, 2.75) is 36.5 Å². The highest BCUT2D eigenvalue weighted by Crippen LogP contribution is 2.49. The molecule has 356 valence electrons. The van der Waals surface area contributed by atoms with Gasteiger partial charge in [0.15, 0.2) is 10.3 Å². The van der Waals surface area contributed by atoms with Crippen LogP contribution in [-0.4, -0.2) is 95.6 Å². The Balaban J connectivity index is 0.000000144. The molecule has 68 heavy (non-hydrogen) atoms. The maximum atomic E-state index is 12.8. The van der Waals surface area contributed by atoms with Gasteiger partial charge < -0.3 is 15.0 Å². The molecule has 2 fully saturated rings. The van der Waals surface area contributed by atoms with Crippen LogP contribution in [0.4, 0.5) is 31.2 Å². The van der Waals surface area contributed by atoms with E-state index in [-0.39, 0.29) is 29.3 Å². The van der Waals surface area contributed by atoms with Crippen LogP contribution in [-0.2, 0) is 30.9 Å². The Morgan fingerprint density at radius 1 is 0.603 bits per heavy atom. The normalized spacial score (nSPS) is 16.7. The largest absolute Gasteiger partial charge is 0.418 e. The van der Waals surface area contributed by atoms with Crippen LogP contribution >= 0.6 is 35.1 Å². The molecule has 15 nitrogen and oxygen atoms in total. The number of thiazole rings is 2. The number of aromatic nitrogens is 2. The Morgan fingerprint density at radius 2 is 1.04 bits per heavy atom. The number of anilines is 4. The number of para-hydroxylation sites is 5. The van der Waals surface area contributed by atoms with Crippen LogP contribution in [0.15, 0.2) is 127 Å². The first-order chi connectivity index (χ1) is 32.2. The number of ether oxygens (including phenoxy) is 1. The van der Waals surface area contributed by atoms with Crippen molar-refractivity contribution >= 4 is 109 Å². The summed E-state index contributed by atoms with van der Waals surface area (Å²) >= 11 is 2.87. The van der Waals surface area contributed by atoms with E-state index in [0.717, 1.165) is 76.1 Å².